The fraction of sp³-hybridized carbons (Fsp3) is 0.231. The third kappa shape index (κ3) is 2.53. The largest absolute Gasteiger partial charge is 0.490 e. The molecule has 1 aliphatic carbocycles. The molecular weight excluding hydrogens is 232 g/mol. The van der Waals surface area contributed by atoms with E-state index in [-0.39, 0.29) is 0 Å². The van der Waals surface area contributed by atoms with Crippen LogP contribution in [0.4, 0.5) is 0 Å². The van der Waals surface area contributed by atoms with Crippen molar-refractivity contribution in [2.45, 2.75) is 18.9 Å². The Balaban J connectivity index is 1.93. The van der Waals surface area contributed by atoms with Crippen molar-refractivity contribution in [3.8, 4) is 16.9 Å². The molecule has 0 spiro atoms. The molecule has 1 saturated carbocycles. The van der Waals surface area contributed by atoms with Gasteiger partial charge in [0.15, 0.2) is 0 Å². The van der Waals surface area contributed by atoms with Gasteiger partial charge in [-0.15, -0.1) is 0 Å². The lowest BCUT2D eigenvalue weighted by molar-refractivity contribution is 0.303. The molecule has 0 radical (unpaired) electrons. The van der Waals surface area contributed by atoms with Crippen LogP contribution in [0.25, 0.3) is 11.1 Å². The lowest BCUT2D eigenvalue weighted by Crippen LogP contribution is -1.95. The maximum absolute atomic E-state index is 5.76. The molecule has 0 aliphatic heterocycles. The normalized spacial score (nSPS) is 14.6. The summed E-state index contributed by atoms with van der Waals surface area (Å²) in [6.07, 6.45) is 4.53. The Hall–Kier alpha value is -1.68. The molecule has 0 amide bonds. The van der Waals surface area contributed by atoms with Gasteiger partial charge in [-0.25, -0.2) is 0 Å². The molecule has 3 nitrogen and oxygen atoms in total. The summed E-state index contributed by atoms with van der Waals surface area (Å²) in [6.45, 7) is 0. The van der Waals surface area contributed by atoms with Gasteiger partial charge in [-0.1, -0.05) is 24.4 Å². The highest BCUT2D eigenvalue weighted by Crippen LogP contribution is 2.29. The van der Waals surface area contributed by atoms with Crippen LogP contribution in [0.5, 0.6) is 5.75 Å². The van der Waals surface area contributed by atoms with Gasteiger partial charge >= 0.3 is 0 Å². The van der Waals surface area contributed by atoms with E-state index in [0.29, 0.717) is 10.7 Å². The van der Waals surface area contributed by atoms with E-state index in [9.17, 15) is 0 Å². The molecule has 86 valence electrons. The first-order valence-electron chi connectivity index (χ1n) is 5.63. The molecule has 0 bridgehead atoms. The second-order valence-corrected chi connectivity index (χ2v) is 4.62. The summed E-state index contributed by atoms with van der Waals surface area (Å²) in [6, 6.07) is 9.94. The van der Waals surface area contributed by atoms with Crippen LogP contribution in [0.15, 0.2) is 36.5 Å². The minimum absolute atomic E-state index is 0.419. The molecule has 2 aromatic rings. The van der Waals surface area contributed by atoms with E-state index in [4.69, 9.17) is 17.0 Å². The van der Waals surface area contributed by atoms with Gasteiger partial charge in [-0.05, 0) is 36.6 Å². The Bertz CT molecular complexity index is 590. The molecule has 3 rings (SSSR count). The summed E-state index contributed by atoms with van der Waals surface area (Å²) in [7, 11) is 0. The van der Waals surface area contributed by atoms with E-state index >= 15 is 0 Å². The second-order valence-electron chi connectivity index (χ2n) is 4.18. The topological polar surface area (TPSA) is 37.9 Å². The SMILES string of the molecule is S=c1cc(-c2cccc(OC3CC3)c2)cn[nH]1. The van der Waals surface area contributed by atoms with Crippen LogP contribution in [-0.4, -0.2) is 16.3 Å². The number of H-pyrrole nitrogens is 1. The molecule has 1 fully saturated rings. The standard InChI is InChI=1S/C13H12N2OS/c17-13-7-10(8-14-15-13)9-2-1-3-12(6-9)16-11-4-5-11/h1-3,6-8,11H,4-5H2,(H,15,17). The Morgan fingerprint density at radius 3 is 2.88 bits per heavy atom. The summed E-state index contributed by atoms with van der Waals surface area (Å²) in [4.78, 5) is 0. The van der Waals surface area contributed by atoms with Crippen LogP contribution in [0.2, 0.25) is 0 Å². The van der Waals surface area contributed by atoms with Crippen molar-refractivity contribution in [3.05, 3.63) is 41.2 Å². The molecule has 17 heavy (non-hydrogen) atoms. The summed E-state index contributed by atoms with van der Waals surface area (Å²) >= 11 is 5.06. The Morgan fingerprint density at radius 1 is 1.24 bits per heavy atom. The van der Waals surface area contributed by atoms with Gasteiger partial charge in [-0.2, -0.15) is 5.10 Å². The van der Waals surface area contributed by atoms with Crippen LogP contribution >= 0.6 is 12.2 Å². The maximum Gasteiger partial charge on any atom is 0.120 e. The van der Waals surface area contributed by atoms with Gasteiger partial charge in [0, 0.05) is 5.56 Å². The van der Waals surface area contributed by atoms with Gasteiger partial charge in [0.1, 0.15) is 10.4 Å². The minimum Gasteiger partial charge on any atom is -0.490 e. The zero-order valence-electron chi connectivity index (χ0n) is 9.22. The van der Waals surface area contributed by atoms with E-state index in [1.54, 1.807) is 6.20 Å². The number of aromatic amines is 1. The molecular formula is C13H12N2OS. The van der Waals surface area contributed by atoms with Gasteiger partial charge in [0.2, 0.25) is 0 Å². The van der Waals surface area contributed by atoms with Crippen LogP contribution in [0.1, 0.15) is 12.8 Å². The number of nitrogens with one attached hydrogen (secondary N) is 1. The fourth-order valence-electron chi connectivity index (χ4n) is 1.66. The van der Waals surface area contributed by atoms with Crippen molar-refractivity contribution < 1.29 is 4.74 Å². The molecule has 1 aromatic heterocycles. The predicted octanol–water partition coefficient (Wildman–Crippen LogP) is 3.35. The average molecular weight is 244 g/mol. The van der Waals surface area contributed by atoms with E-state index in [2.05, 4.69) is 10.2 Å². The Labute approximate surface area is 104 Å². The van der Waals surface area contributed by atoms with E-state index in [0.717, 1.165) is 16.9 Å². The summed E-state index contributed by atoms with van der Waals surface area (Å²) in [5.41, 5.74) is 2.09. The lowest BCUT2D eigenvalue weighted by Gasteiger charge is -2.06. The number of rotatable bonds is 3. The average Bonchev–Trinajstić information content (AvgIpc) is 3.13. The monoisotopic (exact) mass is 244 g/mol. The maximum atomic E-state index is 5.76. The molecule has 1 aliphatic rings. The van der Waals surface area contributed by atoms with Gasteiger partial charge in [0.05, 0.1) is 12.3 Å². The summed E-state index contributed by atoms with van der Waals surface area (Å²) in [5.74, 6) is 0.920. The van der Waals surface area contributed by atoms with Gasteiger partial charge in [-0.3, -0.25) is 5.10 Å². The highest BCUT2D eigenvalue weighted by Gasteiger charge is 2.23. The first kappa shape index (κ1) is 10.5. The molecule has 1 N–H and O–H groups in total. The van der Waals surface area contributed by atoms with Crippen molar-refractivity contribution in [2.75, 3.05) is 0 Å². The zero-order valence-corrected chi connectivity index (χ0v) is 10.0. The van der Waals surface area contributed by atoms with Gasteiger partial charge in [0.25, 0.3) is 0 Å². The van der Waals surface area contributed by atoms with E-state index in [1.165, 1.54) is 12.8 Å². The summed E-state index contributed by atoms with van der Waals surface area (Å²) in [5, 5.41) is 6.73. The molecule has 0 unspecified atom stereocenters. The molecule has 0 saturated heterocycles. The number of benzene rings is 1. The second kappa shape index (κ2) is 4.30. The van der Waals surface area contributed by atoms with Crippen LogP contribution in [-0.2, 0) is 0 Å². The summed E-state index contributed by atoms with van der Waals surface area (Å²) < 4.78 is 6.40. The third-order valence-corrected chi connectivity index (χ3v) is 2.87. The lowest BCUT2D eigenvalue weighted by atomic mass is 10.1. The number of ether oxygens (including phenoxy) is 1. The molecule has 1 heterocycles. The Morgan fingerprint density at radius 2 is 2.12 bits per heavy atom. The van der Waals surface area contributed by atoms with Crippen molar-refractivity contribution in [2.24, 2.45) is 0 Å². The highest BCUT2D eigenvalue weighted by molar-refractivity contribution is 7.71. The fourth-order valence-corrected chi connectivity index (χ4v) is 1.84. The molecule has 4 heteroatoms. The van der Waals surface area contributed by atoms with Crippen molar-refractivity contribution in [3.63, 3.8) is 0 Å². The number of hydrogen-bond acceptors (Lipinski definition) is 3. The predicted molar refractivity (Wildman–Crippen MR) is 68.5 cm³/mol. The number of nitrogens with zero attached hydrogens (tertiary/aromatic N) is 1. The van der Waals surface area contributed by atoms with Crippen molar-refractivity contribution in [1.29, 1.82) is 0 Å². The molecule has 1 aromatic carbocycles. The highest BCUT2D eigenvalue weighted by atomic mass is 32.1. The molecule has 0 atom stereocenters. The third-order valence-electron chi connectivity index (χ3n) is 2.66. The van der Waals surface area contributed by atoms with E-state index < -0.39 is 0 Å². The van der Waals surface area contributed by atoms with Crippen molar-refractivity contribution >= 4 is 12.2 Å². The number of hydrogen-bond donors (Lipinski definition) is 1. The number of aromatic nitrogens is 2. The quantitative estimate of drug-likeness (QED) is 0.841. The smallest absolute Gasteiger partial charge is 0.120 e. The first-order chi connectivity index (χ1) is 8.31. The zero-order chi connectivity index (χ0) is 11.7. The first-order valence-corrected chi connectivity index (χ1v) is 6.04. The van der Waals surface area contributed by atoms with Crippen LogP contribution in [0, 0.1) is 4.64 Å². The van der Waals surface area contributed by atoms with E-state index in [1.807, 2.05) is 30.3 Å². The minimum atomic E-state index is 0.419. The van der Waals surface area contributed by atoms with Crippen LogP contribution in [0.3, 0.4) is 0 Å². The van der Waals surface area contributed by atoms with Crippen LogP contribution < -0.4 is 4.74 Å². The Kier molecular flexibility index (Phi) is 2.65. The van der Waals surface area contributed by atoms with Crippen molar-refractivity contribution in [1.82, 2.24) is 10.2 Å². The van der Waals surface area contributed by atoms with Gasteiger partial charge < -0.3 is 4.74 Å².